The lowest BCUT2D eigenvalue weighted by Crippen LogP contribution is -2.43. The predicted molar refractivity (Wildman–Crippen MR) is 159 cm³/mol. The Bertz CT molecular complexity index is 1870. The van der Waals surface area contributed by atoms with Gasteiger partial charge in [0.2, 0.25) is 0 Å². The molecule has 44 heavy (non-hydrogen) atoms. The third-order valence-corrected chi connectivity index (χ3v) is 8.09. The molecule has 3 aromatic heterocycles. The van der Waals surface area contributed by atoms with Gasteiger partial charge in [-0.2, -0.15) is 0 Å². The zero-order chi connectivity index (χ0) is 30.4. The number of nitrogens with zero attached hydrogens (tertiary/aromatic N) is 6. The number of aliphatic hydroxyl groups excluding tert-OH is 2. The number of para-hydroxylation sites is 1. The number of ether oxygens (including phenoxy) is 1. The van der Waals surface area contributed by atoms with E-state index < -0.39 is 30.4 Å². The largest absolute Gasteiger partial charge is 0.387 e. The van der Waals surface area contributed by atoms with Gasteiger partial charge in [-0.05, 0) is 36.5 Å². The first-order chi connectivity index (χ1) is 21.4. The molecule has 0 bridgehead atoms. The summed E-state index contributed by atoms with van der Waals surface area (Å²) in [7, 11) is 0. The number of imidazole rings is 1. The normalized spacial score (nSPS) is 21.6. The van der Waals surface area contributed by atoms with E-state index in [1.807, 2.05) is 24.3 Å². The molecule has 14 nitrogen and oxygen atoms in total. The zero-order valence-corrected chi connectivity index (χ0v) is 23.5. The Kier molecular flexibility index (Phi) is 7.16. The van der Waals surface area contributed by atoms with Gasteiger partial charge in [0.1, 0.15) is 18.5 Å². The first-order valence-corrected chi connectivity index (χ1v) is 14.4. The van der Waals surface area contributed by atoms with Crippen LogP contribution in [0.15, 0.2) is 67.4 Å². The number of aromatic nitrogens is 5. The SMILES string of the molecule is O=C(NC1CC1)[C@H]1O[C@@H](n2cnc3c(NCCc4cn(Cc5cccc([N+](=O)[O-])c5)c5ccccc45)ncnc32)[C@H](O)[C@@H]1O. The van der Waals surface area contributed by atoms with Gasteiger partial charge in [-0.25, -0.2) is 15.0 Å². The molecule has 4 atom stereocenters. The van der Waals surface area contributed by atoms with E-state index in [0.29, 0.717) is 36.5 Å². The van der Waals surface area contributed by atoms with Crippen molar-refractivity contribution in [2.75, 3.05) is 11.9 Å². The van der Waals surface area contributed by atoms with Crippen LogP contribution in [0.1, 0.15) is 30.2 Å². The maximum absolute atomic E-state index is 12.5. The standard InChI is InChI=1S/C30H30N8O6/c39-24-25(40)30(44-26(24)29(41)35-19-8-9-19)37-16-34-23-27(32-15-33-28(23)37)31-11-10-18-14-36(22-7-2-1-6-21(18)22)13-17-4-3-5-20(12-17)38(42)43/h1-7,12,14-16,19,24-26,30,39-40H,8-11,13H2,(H,35,41)(H,31,32,33)/t24-,25+,26-,30+/m0/s1. The number of hydrogen-bond acceptors (Lipinski definition) is 10. The fourth-order valence-electron chi connectivity index (χ4n) is 5.72. The highest BCUT2D eigenvalue weighted by Gasteiger charge is 2.48. The smallest absolute Gasteiger partial charge is 0.269 e. The molecule has 4 heterocycles. The number of amides is 1. The molecular weight excluding hydrogens is 568 g/mol. The summed E-state index contributed by atoms with van der Waals surface area (Å²) >= 11 is 0. The molecule has 1 saturated carbocycles. The van der Waals surface area contributed by atoms with E-state index in [4.69, 9.17) is 4.74 Å². The fraction of sp³-hybridized carbons (Fsp3) is 0.333. The molecule has 0 radical (unpaired) electrons. The molecule has 1 saturated heterocycles. The highest BCUT2D eigenvalue weighted by atomic mass is 16.6. The fourth-order valence-corrected chi connectivity index (χ4v) is 5.72. The average Bonchev–Trinajstić information content (AvgIpc) is 3.51. The first-order valence-electron chi connectivity index (χ1n) is 14.4. The van der Waals surface area contributed by atoms with Crippen LogP contribution in [0.4, 0.5) is 11.5 Å². The number of non-ortho nitro benzene ring substituents is 1. The minimum atomic E-state index is -1.39. The lowest BCUT2D eigenvalue weighted by Gasteiger charge is -2.16. The Hall–Kier alpha value is -4.92. The van der Waals surface area contributed by atoms with E-state index in [1.54, 1.807) is 12.1 Å². The van der Waals surface area contributed by atoms with E-state index in [0.717, 1.165) is 34.9 Å². The summed E-state index contributed by atoms with van der Waals surface area (Å²) in [5.74, 6) is 0.0412. The molecule has 5 aromatic rings. The molecule has 226 valence electrons. The number of nitrogens with one attached hydrogen (secondary N) is 2. The number of hydrogen-bond donors (Lipinski definition) is 4. The van der Waals surface area contributed by atoms with Gasteiger partial charge in [-0.1, -0.05) is 30.3 Å². The number of benzene rings is 2. The second kappa shape index (κ2) is 11.3. The molecule has 1 aliphatic heterocycles. The number of nitro benzene ring substituents is 1. The Morgan fingerprint density at radius 2 is 1.93 bits per heavy atom. The van der Waals surface area contributed by atoms with Gasteiger partial charge in [0, 0.05) is 48.4 Å². The molecular formula is C30H30N8O6. The Morgan fingerprint density at radius 1 is 1.09 bits per heavy atom. The second-order valence-electron chi connectivity index (χ2n) is 11.2. The molecule has 0 unspecified atom stereocenters. The van der Waals surface area contributed by atoms with Crippen LogP contribution < -0.4 is 10.6 Å². The minimum Gasteiger partial charge on any atom is -0.387 e. The molecule has 2 aliphatic rings. The molecule has 2 fully saturated rings. The van der Waals surface area contributed by atoms with E-state index in [9.17, 15) is 25.1 Å². The Labute approximate surface area is 250 Å². The lowest BCUT2D eigenvalue weighted by atomic mass is 10.1. The van der Waals surface area contributed by atoms with Crippen LogP contribution in [0.3, 0.4) is 0 Å². The summed E-state index contributed by atoms with van der Waals surface area (Å²) in [6, 6.07) is 14.8. The molecule has 0 spiro atoms. The van der Waals surface area contributed by atoms with E-state index >= 15 is 0 Å². The number of aliphatic hydroxyl groups is 2. The van der Waals surface area contributed by atoms with Crippen molar-refractivity contribution in [3.05, 3.63) is 88.6 Å². The van der Waals surface area contributed by atoms with Gasteiger partial charge < -0.3 is 30.2 Å². The third kappa shape index (κ3) is 5.23. The number of nitro groups is 1. The van der Waals surface area contributed by atoms with Crippen molar-refractivity contribution >= 4 is 39.5 Å². The number of anilines is 1. The zero-order valence-electron chi connectivity index (χ0n) is 23.5. The molecule has 1 aliphatic carbocycles. The van der Waals surface area contributed by atoms with Crippen LogP contribution in [-0.2, 0) is 22.5 Å². The molecule has 1 amide bonds. The van der Waals surface area contributed by atoms with Crippen LogP contribution in [-0.4, -0.2) is 76.0 Å². The highest BCUT2D eigenvalue weighted by Crippen LogP contribution is 2.33. The quantitative estimate of drug-likeness (QED) is 0.137. The summed E-state index contributed by atoms with van der Waals surface area (Å²) in [6.07, 6.45) is 2.33. The molecule has 14 heteroatoms. The van der Waals surface area contributed by atoms with Gasteiger partial charge in [0.05, 0.1) is 11.3 Å². The van der Waals surface area contributed by atoms with Crippen molar-refractivity contribution in [2.24, 2.45) is 0 Å². The maximum Gasteiger partial charge on any atom is 0.269 e. The van der Waals surface area contributed by atoms with Crippen LogP contribution >= 0.6 is 0 Å². The summed E-state index contributed by atoms with van der Waals surface area (Å²) in [6.45, 7) is 1.01. The maximum atomic E-state index is 12.5. The second-order valence-corrected chi connectivity index (χ2v) is 11.2. The molecule has 2 aromatic carbocycles. The van der Waals surface area contributed by atoms with Crippen molar-refractivity contribution in [2.45, 2.75) is 56.4 Å². The molecule has 4 N–H and O–H groups in total. The van der Waals surface area contributed by atoms with Crippen LogP contribution in [0.2, 0.25) is 0 Å². The van der Waals surface area contributed by atoms with Crippen molar-refractivity contribution in [1.29, 1.82) is 0 Å². The van der Waals surface area contributed by atoms with Gasteiger partial charge in [-0.15, -0.1) is 0 Å². The van der Waals surface area contributed by atoms with E-state index in [1.165, 1.54) is 23.3 Å². The van der Waals surface area contributed by atoms with Gasteiger partial charge in [0.15, 0.2) is 29.3 Å². The van der Waals surface area contributed by atoms with Crippen LogP contribution in [0.25, 0.3) is 22.1 Å². The third-order valence-electron chi connectivity index (χ3n) is 8.09. The van der Waals surface area contributed by atoms with E-state index in [-0.39, 0.29) is 16.7 Å². The number of fused-ring (bicyclic) bond motifs is 2. The first kappa shape index (κ1) is 27.9. The Morgan fingerprint density at radius 3 is 2.75 bits per heavy atom. The van der Waals surface area contributed by atoms with Gasteiger partial charge in [0.25, 0.3) is 11.6 Å². The minimum absolute atomic E-state index is 0.0612. The van der Waals surface area contributed by atoms with Crippen LogP contribution in [0.5, 0.6) is 0 Å². The molecule has 7 rings (SSSR count). The van der Waals surface area contributed by atoms with Crippen molar-refractivity contribution in [1.82, 2.24) is 29.4 Å². The summed E-state index contributed by atoms with van der Waals surface area (Å²) < 4.78 is 9.40. The van der Waals surface area contributed by atoms with E-state index in [2.05, 4.69) is 42.4 Å². The topological polar surface area (TPSA) is 182 Å². The lowest BCUT2D eigenvalue weighted by molar-refractivity contribution is -0.384. The van der Waals surface area contributed by atoms with Crippen molar-refractivity contribution in [3.8, 4) is 0 Å². The highest BCUT2D eigenvalue weighted by molar-refractivity contribution is 5.85. The van der Waals surface area contributed by atoms with Crippen molar-refractivity contribution < 1.29 is 24.7 Å². The number of carbonyl (C=O) groups is 1. The summed E-state index contributed by atoms with van der Waals surface area (Å²) in [5, 5.41) is 39.7. The van der Waals surface area contributed by atoms with Crippen molar-refractivity contribution in [3.63, 3.8) is 0 Å². The monoisotopic (exact) mass is 598 g/mol. The Balaban J connectivity index is 1.07. The summed E-state index contributed by atoms with van der Waals surface area (Å²) in [5.41, 5.74) is 3.86. The number of carbonyl (C=O) groups excluding carboxylic acids is 1. The number of rotatable bonds is 10. The average molecular weight is 599 g/mol. The van der Waals surface area contributed by atoms with Gasteiger partial charge in [-0.3, -0.25) is 19.5 Å². The predicted octanol–water partition coefficient (Wildman–Crippen LogP) is 2.29. The van der Waals surface area contributed by atoms with Crippen LogP contribution in [0, 0.1) is 10.1 Å². The van der Waals surface area contributed by atoms with Gasteiger partial charge >= 0.3 is 0 Å². The summed E-state index contributed by atoms with van der Waals surface area (Å²) in [4.78, 5) is 36.5.